The zero-order valence-electron chi connectivity index (χ0n) is 3.90. The van der Waals surface area contributed by atoms with E-state index in [-0.39, 0.29) is 4.71 Å². The molecule has 0 bridgehead atoms. The molecular weight excluding hydrogens is 151 g/mol. The minimum atomic E-state index is 0.120. The summed E-state index contributed by atoms with van der Waals surface area (Å²) < 4.78 is 0.120. The molecule has 0 aromatic heterocycles. The molecular formula is C4H6Cl2S. The van der Waals surface area contributed by atoms with Crippen molar-refractivity contribution in [3.8, 4) is 0 Å². The summed E-state index contributed by atoms with van der Waals surface area (Å²) in [6, 6.07) is 0. The first-order valence-corrected chi connectivity index (χ1v) is 3.63. The molecule has 1 unspecified atom stereocenters. The van der Waals surface area contributed by atoms with Crippen molar-refractivity contribution in [3.63, 3.8) is 0 Å². The van der Waals surface area contributed by atoms with E-state index in [4.69, 9.17) is 23.2 Å². The largest absolute Gasteiger partial charge is 0.114 e. The first-order chi connectivity index (χ1) is 3.27. The van der Waals surface area contributed by atoms with Crippen molar-refractivity contribution in [2.45, 2.75) is 11.6 Å². The molecule has 0 aromatic carbocycles. The lowest BCUT2D eigenvalue weighted by atomic mass is 11.0. The van der Waals surface area contributed by atoms with E-state index in [1.165, 1.54) is 17.3 Å². The van der Waals surface area contributed by atoms with Crippen molar-refractivity contribution in [1.82, 2.24) is 0 Å². The molecule has 0 aliphatic rings. The molecule has 0 saturated heterocycles. The van der Waals surface area contributed by atoms with E-state index in [0.717, 1.165) is 0 Å². The highest BCUT2D eigenvalue weighted by atomic mass is 35.5. The minimum absolute atomic E-state index is 0.120. The maximum atomic E-state index is 5.51. The van der Waals surface area contributed by atoms with Crippen molar-refractivity contribution in [2.24, 2.45) is 0 Å². The Morgan fingerprint density at radius 3 is 2.43 bits per heavy atom. The Hall–Kier alpha value is 0.670. The van der Waals surface area contributed by atoms with Crippen molar-refractivity contribution < 1.29 is 0 Å². The zero-order chi connectivity index (χ0) is 5.70. The lowest BCUT2D eigenvalue weighted by Crippen LogP contribution is -1.73. The van der Waals surface area contributed by atoms with Gasteiger partial charge in [-0.25, -0.2) is 0 Å². The molecule has 3 heteroatoms. The normalized spacial score (nSPS) is 15.3. The van der Waals surface area contributed by atoms with Gasteiger partial charge < -0.3 is 0 Å². The Labute approximate surface area is 57.9 Å². The lowest BCUT2D eigenvalue weighted by molar-refractivity contribution is 1.41. The Kier molecular flexibility index (Phi) is 5.28. The number of rotatable bonds is 2. The highest BCUT2D eigenvalue weighted by Crippen LogP contribution is 2.14. The summed E-state index contributed by atoms with van der Waals surface area (Å²) in [5.74, 6) is 0. The van der Waals surface area contributed by atoms with Crippen LogP contribution in [-0.2, 0) is 0 Å². The van der Waals surface area contributed by atoms with Gasteiger partial charge in [0.2, 0.25) is 0 Å². The van der Waals surface area contributed by atoms with Gasteiger partial charge in [0.05, 0.1) is 4.71 Å². The third-order valence-electron chi connectivity index (χ3n) is 0.318. The van der Waals surface area contributed by atoms with Crippen LogP contribution in [0.4, 0.5) is 0 Å². The maximum Gasteiger partial charge on any atom is 0.0802 e. The third kappa shape index (κ3) is 6.67. The Bertz CT molecular complexity index is 60.7. The number of halogens is 2. The smallest absolute Gasteiger partial charge is 0.0802 e. The van der Waals surface area contributed by atoms with Gasteiger partial charge in [-0.15, -0.1) is 23.4 Å². The number of thioether (sulfide) groups is 1. The van der Waals surface area contributed by atoms with Crippen LogP contribution in [0.15, 0.2) is 10.9 Å². The van der Waals surface area contributed by atoms with Crippen LogP contribution in [0.2, 0.25) is 0 Å². The fraction of sp³-hybridized carbons (Fsp3) is 0.500. The van der Waals surface area contributed by atoms with Crippen molar-refractivity contribution in [1.29, 1.82) is 0 Å². The molecule has 42 valence electrons. The van der Waals surface area contributed by atoms with Gasteiger partial charge in [0, 0.05) is 5.54 Å². The van der Waals surface area contributed by atoms with E-state index in [2.05, 4.69) is 0 Å². The van der Waals surface area contributed by atoms with E-state index in [0.29, 0.717) is 0 Å². The van der Waals surface area contributed by atoms with E-state index >= 15 is 0 Å². The molecule has 0 aliphatic heterocycles. The predicted octanol–water partition coefficient (Wildman–Crippen LogP) is 3.01. The second-order valence-electron chi connectivity index (χ2n) is 0.941. The number of alkyl halides is 1. The van der Waals surface area contributed by atoms with Crippen molar-refractivity contribution in [2.75, 3.05) is 0 Å². The van der Waals surface area contributed by atoms with Gasteiger partial charge >= 0.3 is 0 Å². The molecule has 0 aliphatic carbocycles. The summed E-state index contributed by atoms with van der Waals surface area (Å²) in [6.07, 6.45) is 0. The fourth-order valence-corrected chi connectivity index (χ4v) is 0.770. The van der Waals surface area contributed by atoms with E-state index in [1.54, 1.807) is 5.41 Å². The van der Waals surface area contributed by atoms with Crippen LogP contribution >= 0.6 is 35.0 Å². The summed E-state index contributed by atoms with van der Waals surface area (Å²) in [6.45, 7) is 1.89. The first kappa shape index (κ1) is 7.67. The molecule has 0 saturated carbocycles. The molecule has 0 heterocycles. The molecule has 0 aromatic rings. The van der Waals surface area contributed by atoms with Crippen LogP contribution in [0.5, 0.6) is 0 Å². The SMILES string of the molecule is CC(Cl)SC=CCl. The molecule has 0 nitrogen and oxygen atoms in total. The summed E-state index contributed by atoms with van der Waals surface area (Å²) >= 11 is 12.2. The van der Waals surface area contributed by atoms with Gasteiger partial charge in [-0.2, -0.15) is 0 Å². The minimum Gasteiger partial charge on any atom is -0.114 e. The van der Waals surface area contributed by atoms with Gasteiger partial charge in [-0.1, -0.05) is 11.6 Å². The van der Waals surface area contributed by atoms with Crippen LogP contribution in [0.1, 0.15) is 6.92 Å². The molecule has 0 amide bonds. The monoisotopic (exact) mass is 156 g/mol. The molecule has 1 atom stereocenters. The van der Waals surface area contributed by atoms with E-state index in [9.17, 15) is 0 Å². The Balaban J connectivity index is 2.97. The van der Waals surface area contributed by atoms with Gasteiger partial charge in [0.15, 0.2) is 0 Å². The topological polar surface area (TPSA) is 0 Å². The van der Waals surface area contributed by atoms with Crippen LogP contribution in [0, 0.1) is 0 Å². The van der Waals surface area contributed by atoms with Gasteiger partial charge in [0.1, 0.15) is 0 Å². The maximum absolute atomic E-state index is 5.51. The third-order valence-corrected chi connectivity index (χ3v) is 1.57. The van der Waals surface area contributed by atoms with Crippen molar-refractivity contribution >= 4 is 35.0 Å². The van der Waals surface area contributed by atoms with Crippen LogP contribution in [-0.4, -0.2) is 4.71 Å². The molecule has 0 radical (unpaired) electrons. The average Bonchev–Trinajstić information content (AvgIpc) is 1.61. The quantitative estimate of drug-likeness (QED) is 0.555. The van der Waals surface area contributed by atoms with Crippen LogP contribution in [0.25, 0.3) is 0 Å². The number of hydrogen-bond acceptors (Lipinski definition) is 1. The molecule has 0 spiro atoms. The highest BCUT2D eigenvalue weighted by molar-refractivity contribution is 8.03. The summed E-state index contributed by atoms with van der Waals surface area (Å²) in [7, 11) is 0. The molecule has 0 rings (SSSR count). The predicted molar refractivity (Wildman–Crippen MR) is 37.9 cm³/mol. The second-order valence-corrected chi connectivity index (χ2v) is 3.36. The van der Waals surface area contributed by atoms with E-state index < -0.39 is 0 Å². The van der Waals surface area contributed by atoms with Crippen molar-refractivity contribution in [3.05, 3.63) is 10.9 Å². The molecule has 0 N–H and O–H groups in total. The highest BCUT2D eigenvalue weighted by Gasteiger charge is 1.87. The van der Waals surface area contributed by atoms with Gasteiger partial charge in [-0.3, -0.25) is 0 Å². The standard InChI is InChI=1S/C4H6Cl2S/c1-4(6)7-3-2-5/h2-4H,1H3. The van der Waals surface area contributed by atoms with E-state index in [1.807, 2.05) is 6.92 Å². The van der Waals surface area contributed by atoms with Crippen LogP contribution in [0.3, 0.4) is 0 Å². The van der Waals surface area contributed by atoms with Gasteiger partial charge in [-0.05, 0) is 12.3 Å². The average molecular weight is 157 g/mol. The molecule has 0 fully saturated rings. The Morgan fingerprint density at radius 2 is 2.29 bits per heavy atom. The zero-order valence-corrected chi connectivity index (χ0v) is 6.22. The first-order valence-electron chi connectivity index (χ1n) is 1.82. The van der Waals surface area contributed by atoms with Crippen LogP contribution < -0.4 is 0 Å². The molecule has 7 heavy (non-hydrogen) atoms. The second kappa shape index (κ2) is 4.82. The summed E-state index contributed by atoms with van der Waals surface area (Å²) in [5, 5.41) is 1.75. The van der Waals surface area contributed by atoms with Gasteiger partial charge in [0.25, 0.3) is 0 Å². The number of hydrogen-bond donors (Lipinski definition) is 0. The summed E-state index contributed by atoms with van der Waals surface area (Å²) in [5.41, 5.74) is 1.45. The fourth-order valence-electron chi connectivity index (χ4n) is 0.138. The summed E-state index contributed by atoms with van der Waals surface area (Å²) in [4.78, 5) is 0. The lowest BCUT2D eigenvalue weighted by Gasteiger charge is -1.90. The Morgan fingerprint density at radius 1 is 1.71 bits per heavy atom.